The Morgan fingerprint density at radius 1 is 1.04 bits per heavy atom. The van der Waals surface area contributed by atoms with Gasteiger partial charge in [0.1, 0.15) is 5.82 Å². The van der Waals surface area contributed by atoms with E-state index in [0.717, 1.165) is 4.57 Å². The number of hydrogen-bond acceptors (Lipinski definition) is 2. The predicted molar refractivity (Wildman–Crippen MR) is 89.0 cm³/mol. The lowest BCUT2D eigenvalue weighted by Crippen LogP contribution is -2.39. The van der Waals surface area contributed by atoms with Crippen molar-refractivity contribution in [1.29, 1.82) is 0 Å². The summed E-state index contributed by atoms with van der Waals surface area (Å²) in [5.74, 6) is -0.505. The number of halogens is 3. The summed E-state index contributed by atoms with van der Waals surface area (Å²) in [5.41, 5.74) is -0.0844. The Labute approximate surface area is 140 Å². The summed E-state index contributed by atoms with van der Waals surface area (Å²) < 4.78 is 15.7. The van der Waals surface area contributed by atoms with Crippen molar-refractivity contribution in [3.8, 4) is 0 Å². The molecule has 3 rings (SSSR count). The van der Waals surface area contributed by atoms with Crippen molar-refractivity contribution in [2.24, 2.45) is 7.05 Å². The highest BCUT2D eigenvalue weighted by Crippen LogP contribution is 2.22. The normalized spacial score (nSPS) is 11.1. The summed E-state index contributed by atoms with van der Waals surface area (Å²) >= 11 is 11.8. The van der Waals surface area contributed by atoms with Crippen LogP contribution in [-0.4, -0.2) is 9.13 Å². The molecular formula is C16H11Cl2FN2O2. The maximum atomic E-state index is 13.4. The molecule has 1 heterocycles. The molecule has 0 atom stereocenters. The minimum Gasteiger partial charge on any atom is -0.296 e. The fraction of sp³-hybridized carbons (Fsp3) is 0.125. The maximum absolute atomic E-state index is 13.4. The van der Waals surface area contributed by atoms with Crippen LogP contribution >= 0.6 is 23.2 Å². The van der Waals surface area contributed by atoms with E-state index in [1.807, 2.05) is 0 Å². The molecule has 0 aliphatic rings. The van der Waals surface area contributed by atoms with Crippen molar-refractivity contribution in [1.82, 2.24) is 9.13 Å². The molecule has 1 aromatic heterocycles. The number of hydrogen-bond donors (Lipinski definition) is 0. The first-order valence-corrected chi connectivity index (χ1v) is 7.47. The van der Waals surface area contributed by atoms with Crippen LogP contribution in [0.1, 0.15) is 5.56 Å². The first-order chi connectivity index (χ1) is 10.9. The third-order valence-electron chi connectivity index (χ3n) is 3.64. The van der Waals surface area contributed by atoms with Gasteiger partial charge in [-0.15, -0.1) is 0 Å². The number of fused-ring (bicyclic) bond motifs is 1. The molecule has 0 amide bonds. The Hall–Kier alpha value is -2.11. The van der Waals surface area contributed by atoms with Gasteiger partial charge in [-0.2, -0.15) is 0 Å². The van der Waals surface area contributed by atoms with Gasteiger partial charge in [0.2, 0.25) is 0 Å². The van der Waals surface area contributed by atoms with E-state index in [1.54, 1.807) is 18.2 Å². The highest BCUT2D eigenvalue weighted by Gasteiger charge is 2.12. The van der Waals surface area contributed by atoms with E-state index < -0.39 is 17.1 Å². The molecule has 7 heteroatoms. The van der Waals surface area contributed by atoms with Crippen LogP contribution in [0.3, 0.4) is 0 Å². The lowest BCUT2D eigenvalue weighted by atomic mass is 10.2. The zero-order chi connectivity index (χ0) is 16.7. The van der Waals surface area contributed by atoms with Crippen LogP contribution in [0.15, 0.2) is 46.0 Å². The quantitative estimate of drug-likeness (QED) is 0.710. The molecule has 23 heavy (non-hydrogen) atoms. The van der Waals surface area contributed by atoms with Gasteiger partial charge in [-0.1, -0.05) is 29.3 Å². The Morgan fingerprint density at radius 3 is 2.48 bits per heavy atom. The molecule has 4 nitrogen and oxygen atoms in total. The second kappa shape index (κ2) is 5.83. The first kappa shape index (κ1) is 15.8. The topological polar surface area (TPSA) is 44.0 Å². The summed E-state index contributed by atoms with van der Waals surface area (Å²) in [6, 6.07) is 8.63. The summed E-state index contributed by atoms with van der Waals surface area (Å²) in [5, 5.41) is 1.01. The fourth-order valence-corrected chi connectivity index (χ4v) is 2.76. The third-order valence-corrected chi connectivity index (χ3v) is 4.38. The smallest absolute Gasteiger partial charge is 0.296 e. The molecule has 0 unspecified atom stereocenters. The molecule has 0 bridgehead atoms. The Bertz CT molecular complexity index is 1040. The van der Waals surface area contributed by atoms with Crippen LogP contribution in [0.5, 0.6) is 0 Å². The highest BCUT2D eigenvalue weighted by atomic mass is 35.5. The molecule has 0 radical (unpaired) electrons. The van der Waals surface area contributed by atoms with Gasteiger partial charge in [-0.3, -0.25) is 13.9 Å². The molecule has 0 aliphatic heterocycles. The Balaban J connectivity index is 2.22. The molecule has 0 N–H and O–H groups in total. The standard InChI is InChI=1S/C16H11Cl2FN2O2/c1-20-14-7-10(19)3-4-11(14)15(22)21(16(20)23)8-9-2-5-12(17)13(18)6-9/h2-7H,8H2,1H3. The summed E-state index contributed by atoms with van der Waals surface area (Å²) in [6.45, 7) is 0.0513. The second-order valence-electron chi connectivity index (χ2n) is 5.14. The highest BCUT2D eigenvalue weighted by molar-refractivity contribution is 6.42. The lowest BCUT2D eigenvalue weighted by molar-refractivity contribution is 0.624. The van der Waals surface area contributed by atoms with E-state index in [9.17, 15) is 14.0 Å². The molecule has 0 saturated carbocycles. The van der Waals surface area contributed by atoms with Crippen molar-refractivity contribution in [3.63, 3.8) is 0 Å². The van der Waals surface area contributed by atoms with Crippen molar-refractivity contribution in [3.05, 3.63) is 78.7 Å². The van der Waals surface area contributed by atoms with Gasteiger partial charge in [0.25, 0.3) is 5.56 Å². The number of aryl methyl sites for hydroxylation is 1. The van der Waals surface area contributed by atoms with Gasteiger partial charge >= 0.3 is 5.69 Å². The van der Waals surface area contributed by atoms with Crippen LogP contribution in [-0.2, 0) is 13.6 Å². The molecule has 3 aromatic rings. The van der Waals surface area contributed by atoms with Crippen LogP contribution in [0.4, 0.5) is 4.39 Å². The molecule has 0 fully saturated rings. The Morgan fingerprint density at radius 2 is 1.78 bits per heavy atom. The maximum Gasteiger partial charge on any atom is 0.331 e. The second-order valence-corrected chi connectivity index (χ2v) is 5.96. The molecular weight excluding hydrogens is 342 g/mol. The van der Waals surface area contributed by atoms with Gasteiger partial charge in [-0.05, 0) is 35.9 Å². The van der Waals surface area contributed by atoms with Crippen molar-refractivity contribution < 1.29 is 4.39 Å². The van der Waals surface area contributed by atoms with Crippen LogP contribution in [0.25, 0.3) is 10.9 Å². The summed E-state index contributed by atoms with van der Waals surface area (Å²) in [7, 11) is 1.49. The van der Waals surface area contributed by atoms with E-state index in [1.165, 1.54) is 29.8 Å². The van der Waals surface area contributed by atoms with E-state index in [4.69, 9.17) is 23.2 Å². The number of nitrogens with zero attached hydrogens (tertiary/aromatic N) is 2. The monoisotopic (exact) mass is 352 g/mol. The van der Waals surface area contributed by atoms with Gasteiger partial charge in [0.15, 0.2) is 0 Å². The van der Waals surface area contributed by atoms with Gasteiger partial charge in [0.05, 0.1) is 27.5 Å². The first-order valence-electron chi connectivity index (χ1n) is 6.71. The van der Waals surface area contributed by atoms with Crippen LogP contribution < -0.4 is 11.2 Å². The largest absolute Gasteiger partial charge is 0.331 e. The third kappa shape index (κ3) is 2.78. The zero-order valence-electron chi connectivity index (χ0n) is 12.0. The molecule has 118 valence electrons. The van der Waals surface area contributed by atoms with Gasteiger partial charge < -0.3 is 0 Å². The molecule has 0 aliphatic carbocycles. The molecule has 0 spiro atoms. The average Bonchev–Trinajstić information content (AvgIpc) is 2.52. The summed E-state index contributed by atoms with van der Waals surface area (Å²) in [4.78, 5) is 25.0. The Kier molecular flexibility index (Phi) is 4.00. The van der Waals surface area contributed by atoms with Crippen molar-refractivity contribution >= 4 is 34.1 Å². The number of aromatic nitrogens is 2. The van der Waals surface area contributed by atoms with E-state index >= 15 is 0 Å². The predicted octanol–water partition coefficient (Wildman–Crippen LogP) is 3.19. The van der Waals surface area contributed by atoms with E-state index in [-0.39, 0.29) is 17.4 Å². The molecule has 0 saturated heterocycles. The average molecular weight is 353 g/mol. The van der Waals surface area contributed by atoms with Crippen molar-refractivity contribution in [2.45, 2.75) is 6.54 Å². The van der Waals surface area contributed by atoms with Crippen LogP contribution in [0, 0.1) is 5.82 Å². The van der Waals surface area contributed by atoms with E-state index in [2.05, 4.69) is 0 Å². The number of rotatable bonds is 2. The van der Waals surface area contributed by atoms with Crippen molar-refractivity contribution in [2.75, 3.05) is 0 Å². The van der Waals surface area contributed by atoms with Gasteiger partial charge in [-0.25, -0.2) is 9.18 Å². The van der Waals surface area contributed by atoms with Crippen LogP contribution in [0.2, 0.25) is 10.0 Å². The van der Waals surface area contributed by atoms with Gasteiger partial charge in [0, 0.05) is 7.05 Å². The minimum atomic E-state index is -0.529. The molecule has 2 aromatic carbocycles. The SMILES string of the molecule is Cn1c(=O)n(Cc2ccc(Cl)c(Cl)c2)c(=O)c2ccc(F)cc21. The fourth-order valence-electron chi connectivity index (χ4n) is 2.44. The zero-order valence-corrected chi connectivity index (χ0v) is 13.5. The van der Waals surface area contributed by atoms with E-state index in [0.29, 0.717) is 15.6 Å². The summed E-state index contributed by atoms with van der Waals surface area (Å²) in [6.07, 6.45) is 0. The minimum absolute atomic E-state index is 0.0513. The lowest BCUT2D eigenvalue weighted by Gasteiger charge is -2.11. The number of benzene rings is 2.